The molecular formula is C16H36Sb4. The van der Waals surface area contributed by atoms with Crippen LogP contribution in [0.3, 0.4) is 0 Å². The van der Waals surface area contributed by atoms with E-state index in [1.54, 1.807) is 0 Å². The summed E-state index contributed by atoms with van der Waals surface area (Å²) in [5.41, 5.74) is 0. The van der Waals surface area contributed by atoms with E-state index in [0.29, 0.717) is 0 Å². The second-order valence-electron chi connectivity index (χ2n) is 6.31. The van der Waals surface area contributed by atoms with E-state index in [1.165, 1.54) is 17.5 Å². The molecule has 0 aromatic rings. The molecule has 120 valence electrons. The van der Waals surface area contributed by atoms with Crippen LogP contribution in [0.1, 0.15) is 55.4 Å². The molecule has 20 heavy (non-hydrogen) atoms. The summed E-state index contributed by atoms with van der Waals surface area (Å²) >= 11 is 7.61. The maximum absolute atomic E-state index is 2.23. The third-order valence-corrected chi connectivity index (χ3v) is 9.80. The molecule has 0 rings (SSSR count). The van der Waals surface area contributed by atoms with Crippen LogP contribution in [0.2, 0.25) is 17.5 Å². The molecule has 0 aromatic heterocycles. The van der Waals surface area contributed by atoms with Crippen molar-refractivity contribution >= 4 is 92.1 Å². The molecule has 0 amide bonds. The van der Waals surface area contributed by atoms with Gasteiger partial charge in [0.25, 0.3) is 0 Å². The molecule has 0 spiro atoms. The number of hydrogen-bond donors (Lipinski definition) is 0. The third-order valence-electron chi connectivity index (χ3n) is 1.46. The predicted molar refractivity (Wildman–Crippen MR) is 102 cm³/mol. The second kappa shape index (κ2) is 27.1. The Labute approximate surface area is 186 Å². The minimum atomic E-state index is 0.906. The van der Waals surface area contributed by atoms with Crippen molar-refractivity contribution in [1.82, 2.24) is 0 Å². The van der Waals surface area contributed by atoms with Gasteiger partial charge in [0.15, 0.2) is 0 Å². The van der Waals surface area contributed by atoms with E-state index >= 15 is 0 Å². The average Bonchev–Trinajstić information content (AvgIpc) is 2.40. The van der Waals surface area contributed by atoms with Gasteiger partial charge in [-0.1, -0.05) is 0 Å². The second-order valence-corrected chi connectivity index (χ2v) is 10.5. The van der Waals surface area contributed by atoms with E-state index in [2.05, 4.69) is 55.4 Å². The van der Waals surface area contributed by atoms with E-state index < -0.39 is 0 Å². The summed E-state index contributed by atoms with van der Waals surface area (Å²) in [6.45, 7) is 17.9. The first kappa shape index (κ1) is 31.1. The zero-order chi connectivity index (χ0) is 17.1. The summed E-state index contributed by atoms with van der Waals surface area (Å²) in [7, 11) is 0. The van der Waals surface area contributed by atoms with Crippen molar-refractivity contribution in [1.29, 1.82) is 0 Å². The SMILES string of the molecule is CC(C)[CH2][Sb].CC(C)[CH2][Sb].CC(C)[CH2][Sb].CC(C)[CH2][Sb]. The minimum absolute atomic E-state index is 0.906. The molecular weight excluding hydrogens is 679 g/mol. The van der Waals surface area contributed by atoms with Crippen molar-refractivity contribution in [2.24, 2.45) is 23.7 Å². The van der Waals surface area contributed by atoms with E-state index in [4.69, 9.17) is 0 Å². The number of rotatable bonds is 4. The van der Waals surface area contributed by atoms with Gasteiger partial charge in [-0.3, -0.25) is 0 Å². The van der Waals surface area contributed by atoms with Crippen LogP contribution in [-0.2, 0) is 0 Å². The third kappa shape index (κ3) is 68.8. The molecule has 0 atom stereocenters. The molecule has 0 unspecified atom stereocenters. The Bertz CT molecular complexity index is 102. The fourth-order valence-electron chi connectivity index (χ4n) is 0. The van der Waals surface area contributed by atoms with Gasteiger partial charge in [0.05, 0.1) is 0 Å². The van der Waals surface area contributed by atoms with Crippen molar-refractivity contribution in [3.05, 3.63) is 0 Å². The quantitative estimate of drug-likeness (QED) is 0.363. The molecule has 0 bridgehead atoms. The van der Waals surface area contributed by atoms with E-state index in [9.17, 15) is 0 Å². The molecule has 0 aromatic carbocycles. The van der Waals surface area contributed by atoms with Gasteiger partial charge in [0.1, 0.15) is 0 Å². The Morgan fingerprint density at radius 3 is 0.450 bits per heavy atom. The van der Waals surface area contributed by atoms with Crippen molar-refractivity contribution in [3.63, 3.8) is 0 Å². The van der Waals surface area contributed by atoms with Gasteiger partial charge in [-0.2, -0.15) is 0 Å². The number of hydrogen-bond acceptors (Lipinski definition) is 0. The van der Waals surface area contributed by atoms with Crippen LogP contribution < -0.4 is 0 Å². The molecule has 0 nitrogen and oxygen atoms in total. The summed E-state index contributed by atoms with van der Waals surface area (Å²) in [5.74, 6) is 3.63. The maximum atomic E-state index is 2.23. The standard InChI is InChI=1S/4C4H9.4Sb/c4*1-4(2)3;;;;/h4*4H,1H2,2-3H3;;;;. The van der Waals surface area contributed by atoms with Gasteiger partial charge >= 0.3 is 189 Å². The first-order valence-corrected chi connectivity index (χ1v) is 14.7. The molecule has 0 saturated carbocycles. The van der Waals surface area contributed by atoms with Crippen LogP contribution in [0.25, 0.3) is 0 Å². The van der Waals surface area contributed by atoms with Crippen LogP contribution in [0.15, 0.2) is 0 Å². The Balaban J connectivity index is -0.0000000853. The van der Waals surface area contributed by atoms with Gasteiger partial charge in [0.2, 0.25) is 0 Å². The van der Waals surface area contributed by atoms with Crippen LogP contribution in [0.5, 0.6) is 0 Å². The summed E-state index contributed by atoms with van der Waals surface area (Å²) < 4.78 is 5.42. The monoisotopic (exact) mass is 712 g/mol. The molecule has 8 radical (unpaired) electrons. The van der Waals surface area contributed by atoms with Crippen molar-refractivity contribution in [3.8, 4) is 0 Å². The Hall–Kier alpha value is 3.27. The first-order chi connectivity index (χ1) is 9.08. The Morgan fingerprint density at radius 1 is 0.400 bits per heavy atom. The van der Waals surface area contributed by atoms with Crippen LogP contribution >= 0.6 is 0 Å². The van der Waals surface area contributed by atoms with Gasteiger partial charge in [-0.15, -0.1) is 0 Å². The van der Waals surface area contributed by atoms with Crippen LogP contribution in [-0.4, -0.2) is 92.1 Å². The van der Waals surface area contributed by atoms with Gasteiger partial charge in [-0.05, 0) is 0 Å². The molecule has 0 aliphatic carbocycles. The molecule has 0 saturated heterocycles. The fourth-order valence-corrected chi connectivity index (χ4v) is 0. The summed E-state index contributed by atoms with van der Waals surface area (Å²) in [6.07, 6.45) is 0. The van der Waals surface area contributed by atoms with Crippen molar-refractivity contribution in [2.45, 2.75) is 72.9 Å². The molecule has 0 fully saturated rings. The Kier molecular flexibility index (Phi) is 42.2. The zero-order valence-corrected chi connectivity index (χ0v) is 25.1. The molecule has 0 N–H and O–H groups in total. The van der Waals surface area contributed by atoms with Gasteiger partial charge in [-0.25, -0.2) is 0 Å². The van der Waals surface area contributed by atoms with Crippen molar-refractivity contribution in [2.75, 3.05) is 0 Å². The molecule has 4 heteroatoms. The summed E-state index contributed by atoms with van der Waals surface area (Å²) in [4.78, 5) is 0. The summed E-state index contributed by atoms with van der Waals surface area (Å²) in [5, 5.41) is 0. The molecule has 0 aliphatic rings. The molecule has 0 aliphatic heterocycles. The Morgan fingerprint density at radius 2 is 0.450 bits per heavy atom. The topological polar surface area (TPSA) is 0 Å². The van der Waals surface area contributed by atoms with E-state index in [1.807, 2.05) is 92.1 Å². The van der Waals surface area contributed by atoms with Gasteiger partial charge in [0, 0.05) is 0 Å². The van der Waals surface area contributed by atoms with Crippen LogP contribution in [0, 0.1) is 23.7 Å². The van der Waals surface area contributed by atoms with E-state index in [-0.39, 0.29) is 0 Å². The fraction of sp³-hybridized carbons (Fsp3) is 1.00. The van der Waals surface area contributed by atoms with E-state index in [0.717, 1.165) is 23.7 Å². The van der Waals surface area contributed by atoms with Crippen LogP contribution in [0.4, 0.5) is 0 Å². The predicted octanol–water partition coefficient (Wildman–Crippen LogP) is 4.92. The summed E-state index contributed by atoms with van der Waals surface area (Å²) in [6, 6.07) is 0. The average molecular weight is 716 g/mol. The van der Waals surface area contributed by atoms with Crippen molar-refractivity contribution < 1.29 is 0 Å². The normalized spacial score (nSPS) is 9.60. The van der Waals surface area contributed by atoms with Gasteiger partial charge < -0.3 is 0 Å². The molecule has 0 heterocycles. The first-order valence-electron chi connectivity index (χ1n) is 7.52. The zero-order valence-electron chi connectivity index (χ0n) is 14.9.